The van der Waals surface area contributed by atoms with Gasteiger partial charge >= 0.3 is 0 Å². The Labute approximate surface area is 152 Å². The lowest BCUT2D eigenvalue weighted by molar-refractivity contribution is 0.0679. The van der Waals surface area contributed by atoms with Crippen LogP contribution in [0.3, 0.4) is 0 Å². The highest BCUT2D eigenvalue weighted by Gasteiger charge is 2.16. The molecule has 0 spiro atoms. The van der Waals surface area contributed by atoms with Crippen molar-refractivity contribution < 1.29 is 14.3 Å². The van der Waals surface area contributed by atoms with Crippen LogP contribution in [0.1, 0.15) is 40.0 Å². The number of H-pyrrole nitrogens is 1. The third-order valence-electron chi connectivity index (χ3n) is 4.48. The molecule has 26 heavy (non-hydrogen) atoms. The van der Waals surface area contributed by atoms with E-state index in [1.165, 1.54) is 0 Å². The highest BCUT2D eigenvalue weighted by molar-refractivity contribution is 5.94. The van der Waals surface area contributed by atoms with Gasteiger partial charge in [0.2, 0.25) is 0 Å². The smallest absolute Gasteiger partial charge is 0.253 e. The Hall–Kier alpha value is -2.60. The third kappa shape index (κ3) is 4.52. The molecule has 2 heterocycles. The van der Waals surface area contributed by atoms with Crippen LogP contribution in [0, 0.1) is 13.8 Å². The molecule has 0 saturated carbocycles. The van der Waals surface area contributed by atoms with Gasteiger partial charge < -0.3 is 19.8 Å². The number of hydrogen-bond acceptors (Lipinski definition) is 4. The van der Waals surface area contributed by atoms with Crippen molar-refractivity contribution in [1.29, 1.82) is 0 Å². The van der Waals surface area contributed by atoms with E-state index in [1.807, 2.05) is 26.0 Å². The summed E-state index contributed by atoms with van der Waals surface area (Å²) in [4.78, 5) is 27.2. The number of benzene rings is 1. The maximum absolute atomic E-state index is 12.4. The molecule has 138 valence electrons. The standard InChI is InChI=1S/C20H24N2O4/c1-13-9-14(2)22-20(24)18(13)11-21-19(23)15-5-3-6-16(10-15)26-12-17-7-4-8-25-17/h3,5-6,9-10,17H,4,7-8,11-12H2,1-2H3,(H,21,23)(H,22,24). The monoisotopic (exact) mass is 356 g/mol. The lowest BCUT2D eigenvalue weighted by Gasteiger charge is -2.12. The molecular formula is C20H24N2O4. The first-order valence-electron chi connectivity index (χ1n) is 8.85. The third-order valence-corrected chi connectivity index (χ3v) is 4.48. The van der Waals surface area contributed by atoms with Crippen molar-refractivity contribution in [3.8, 4) is 5.75 Å². The van der Waals surface area contributed by atoms with Gasteiger partial charge in [-0.1, -0.05) is 6.07 Å². The molecule has 1 aromatic heterocycles. The Balaban J connectivity index is 1.61. The molecule has 0 bridgehead atoms. The quantitative estimate of drug-likeness (QED) is 0.833. The van der Waals surface area contributed by atoms with Gasteiger partial charge in [0.1, 0.15) is 12.4 Å². The number of aromatic amines is 1. The van der Waals surface area contributed by atoms with E-state index < -0.39 is 0 Å². The summed E-state index contributed by atoms with van der Waals surface area (Å²) in [6.45, 7) is 5.15. The fourth-order valence-corrected chi connectivity index (χ4v) is 3.06. The first kappa shape index (κ1) is 18.2. The van der Waals surface area contributed by atoms with Gasteiger partial charge in [-0.05, 0) is 56.5 Å². The minimum atomic E-state index is -0.244. The molecule has 1 saturated heterocycles. The van der Waals surface area contributed by atoms with E-state index in [0.717, 1.165) is 30.7 Å². The molecule has 1 amide bonds. The van der Waals surface area contributed by atoms with Gasteiger partial charge in [-0.15, -0.1) is 0 Å². The van der Waals surface area contributed by atoms with Crippen LogP contribution in [0.4, 0.5) is 0 Å². The number of hydrogen-bond donors (Lipinski definition) is 2. The predicted molar refractivity (Wildman–Crippen MR) is 98.6 cm³/mol. The molecule has 1 unspecified atom stereocenters. The second kappa shape index (κ2) is 8.19. The number of amides is 1. The first-order chi connectivity index (χ1) is 12.5. The molecular weight excluding hydrogens is 332 g/mol. The van der Waals surface area contributed by atoms with Crippen molar-refractivity contribution in [1.82, 2.24) is 10.3 Å². The highest BCUT2D eigenvalue weighted by Crippen LogP contribution is 2.17. The van der Waals surface area contributed by atoms with Crippen molar-refractivity contribution >= 4 is 5.91 Å². The summed E-state index contributed by atoms with van der Waals surface area (Å²) in [6, 6.07) is 8.92. The second-order valence-corrected chi connectivity index (χ2v) is 6.60. The van der Waals surface area contributed by atoms with Crippen LogP contribution in [0.5, 0.6) is 5.75 Å². The number of aryl methyl sites for hydroxylation is 2. The zero-order chi connectivity index (χ0) is 18.5. The number of carbonyl (C=O) groups excluding carboxylic acids is 1. The average Bonchev–Trinajstić information content (AvgIpc) is 3.12. The molecule has 2 N–H and O–H groups in total. The van der Waals surface area contributed by atoms with Crippen molar-refractivity contribution in [2.24, 2.45) is 0 Å². The van der Waals surface area contributed by atoms with Crippen LogP contribution < -0.4 is 15.6 Å². The average molecular weight is 356 g/mol. The topological polar surface area (TPSA) is 80.4 Å². The Bertz CT molecular complexity index is 838. The Morgan fingerprint density at radius 1 is 1.35 bits per heavy atom. The van der Waals surface area contributed by atoms with E-state index in [9.17, 15) is 9.59 Å². The number of rotatable bonds is 6. The summed E-state index contributed by atoms with van der Waals surface area (Å²) in [5.74, 6) is 0.393. The van der Waals surface area contributed by atoms with Crippen LogP contribution in [-0.2, 0) is 11.3 Å². The molecule has 2 aromatic rings. The molecule has 1 aromatic carbocycles. The molecule has 6 heteroatoms. The second-order valence-electron chi connectivity index (χ2n) is 6.60. The Morgan fingerprint density at radius 3 is 2.92 bits per heavy atom. The maximum Gasteiger partial charge on any atom is 0.253 e. The van der Waals surface area contributed by atoms with Crippen LogP contribution in [0.15, 0.2) is 35.1 Å². The fraction of sp³-hybridized carbons (Fsp3) is 0.400. The van der Waals surface area contributed by atoms with Gasteiger partial charge in [-0.3, -0.25) is 9.59 Å². The van der Waals surface area contributed by atoms with Crippen molar-refractivity contribution in [3.63, 3.8) is 0 Å². The zero-order valence-electron chi connectivity index (χ0n) is 15.1. The number of aromatic nitrogens is 1. The number of nitrogens with one attached hydrogen (secondary N) is 2. The number of pyridine rings is 1. The zero-order valence-corrected chi connectivity index (χ0v) is 15.1. The Morgan fingerprint density at radius 2 is 2.19 bits per heavy atom. The lowest BCUT2D eigenvalue weighted by Crippen LogP contribution is -2.28. The summed E-state index contributed by atoms with van der Waals surface area (Å²) in [5, 5.41) is 2.80. The summed E-state index contributed by atoms with van der Waals surface area (Å²) < 4.78 is 11.3. The van der Waals surface area contributed by atoms with Crippen LogP contribution in [-0.4, -0.2) is 30.2 Å². The van der Waals surface area contributed by atoms with E-state index in [0.29, 0.717) is 23.5 Å². The predicted octanol–water partition coefficient (Wildman–Crippen LogP) is 2.48. The van der Waals surface area contributed by atoms with Gasteiger partial charge in [0, 0.05) is 30.0 Å². The number of carbonyl (C=O) groups is 1. The van der Waals surface area contributed by atoms with Crippen molar-refractivity contribution in [3.05, 3.63) is 63.1 Å². The van der Waals surface area contributed by atoms with Gasteiger partial charge in [-0.2, -0.15) is 0 Å². The molecule has 0 radical (unpaired) electrons. The SMILES string of the molecule is Cc1cc(C)c(CNC(=O)c2cccc(OCC3CCCO3)c2)c(=O)[nH]1. The van der Waals surface area contributed by atoms with Gasteiger partial charge in [0.25, 0.3) is 11.5 Å². The highest BCUT2D eigenvalue weighted by atomic mass is 16.5. The van der Waals surface area contributed by atoms with E-state index >= 15 is 0 Å². The Kier molecular flexibility index (Phi) is 5.73. The normalized spacial score (nSPS) is 16.5. The fourth-order valence-electron chi connectivity index (χ4n) is 3.06. The molecule has 1 aliphatic rings. The molecule has 6 nitrogen and oxygen atoms in total. The largest absolute Gasteiger partial charge is 0.491 e. The van der Waals surface area contributed by atoms with Gasteiger partial charge in [-0.25, -0.2) is 0 Å². The molecule has 1 fully saturated rings. The molecule has 1 aliphatic heterocycles. The van der Waals surface area contributed by atoms with E-state index in [-0.39, 0.29) is 24.1 Å². The first-order valence-corrected chi connectivity index (χ1v) is 8.85. The summed E-state index contributed by atoms with van der Waals surface area (Å²) in [6.07, 6.45) is 2.20. The summed E-state index contributed by atoms with van der Waals surface area (Å²) in [5.41, 5.74) is 2.56. The van der Waals surface area contributed by atoms with Gasteiger partial charge in [0.05, 0.1) is 6.10 Å². The van der Waals surface area contributed by atoms with Crippen LogP contribution in [0.25, 0.3) is 0 Å². The molecule has 3 rings (SSSR count). The van der Waals surface area contributed by atoms with Crippen molar-refractivity contribution in [2.75, 3.05) is 13.2 Å². The van der Waals surface area contributed by atoms with E-state index in [1.54, 1.807) is 18.2 Å². The lowest BCUT2D eigenvalue weighted by atomic mass is 10.1. The summed E-state index contributed by atoms with van der Waals surface area (Å²) >= 11 is 0. The maximum atomic E-state index is 12.4. The number of ether oxygens (including phenoxy) is 2. The summed E-state index contributed by atoms with van der Waals surface area (Å²) in [7, 11) is 0. The van der Waals surface area contributed by atoms with Crippen LogP contribution in [0.2, 0.25) is 0 Å². The van der Waals surface area contributed by atoms with Gasteiger partial charge in [0.15, 0.2) is 0 Å². The minimum absolute atomic E-state index is 0.128. The van der Waals surface area contributed by atoms with Crippen LogP contribution >= 0.6 is 0 Å². The van der Waals surface area contributed by atoms with E-state index in [4.69, 9.17) is 9.47 Å². The van der Waals surface area contributed by atoms with Crippen molar-refractivity contribution in [2.45, 2.75) is 39.3 Å². The molecule has 0 aliphatic carbocycles. The minimum Gasteiger partial charge on any atom is -0.491 e. The molecule has 1 atom stereocenters. The van der Waals surface area contributed by atoms with E-state index in [2.05, 4.69) is 10.3 Å².